The minimum atomic E-state index is -0.372. The molecule has 48 heavy (non-hydrogen) atoms. The minimum Gasteiger partial charge on any atom is -0.494 e. The predicted octanol–water partition coefficient (Wildman–Crippen LogP) is 5.43. The van der Waals surface area contributed by atoms with Gasteiger partial charge in [-0.2, -0.15) is 0 Å². The summed E-state index contributed by atoms with van der Waals surface area (Å²) in [6, 6.07) is 30.0. The molecule has 2 aromatic heterocycles. The first-order chi connectivity index (χ1) is 23.4. The smallest absolute Gasteiger partial charge is 0.291 e. The Morgan fingerprint density at radius 3 is 2.52 bits per heavy atom. The average Bonchev–Trinajstić information content (AvgIpc) is 3.58. The molecule has 0 spiro atoms. The van der Waals surface area contributed by atoms with Crippen LogP contribution in [-0.4, -0.2) is 82.3 Å². The number of para-hydroxylation sites is 2. The third-order valence-corrected chi connectivity index (χ3v) is 8.57. The number of nitrogens with zero attached hydrogens (tertiary/aromatic N) is 4. The van der Waals surface area contributed by atoms with Gasteiger partial charge in [-0.1, -0.05) is 42.5 Å². The molecule has 0 unspecified atom stereocenters. The lowest BCUT2D eigenvalue weighted by Gasteiger charge is -2.23. The van der Waals surface area contributed by atoms with Crippen LogP contribution < -0.4 is 15.5 Å². The molecule has 0 saturated carbocycles. The van der Waals surface area contributed by atoms with Crippen LogP contribution in [0.4, 0.5) is 17.1 Å². The number of carbonyl (C=O) groups excluding carboxylic acids is 2. The highest BCUT2D eigenvalue weighted by molar-refractivity contribution is 6.22. The van der Waals surface area contributed by atoms with Gasteiger partial charge in [0.05, 0.1) is 40.1 Å². The molecule has 0 bridgehead atoms. The Morgan fingerprint density at radius 1 is 0.917 bits per heavy atom. The lowest BCUT2D eigenvalue weighted by Crippen LogP contribution is -2.39. The van der Waals surface area contributed by atoms with Gasteiger partial charge in [0.25, 0.3) is 5.91 Å². The second kappa shape index (κ2) is 13.5. The Kier molecular flexibility index (Phi) is 8.69. The van der Waals surface area contributed by atoms with E-state index in [2.05, 4.69) is 30.5 Å². The van der Waals surface area contributed by atoms with E-state index in [9.17, 15) is 14.7 Å². The molecule has 1 saturated heterocycles. The lowest BCUT2D eigenvalue weighted by molar-refractivity contribution is -0.119. The first kappa shape index (κ1) is 30.9. The number of H-pyrrole nitrogens is 2. The van der Waals surface area contributed by atoms with Crippen LogP contribution in [0, 0.1) is 0 Å². The van der Waals surface area contributed by atoms with Crippen molar-refractivity contribution < 1.29 is 14.7 Å². The summed E-state index contributed by atoms with van der Waals surface area (Å²) in [6.07, 6.45) is 1.03. The second-order valence-electron chi connectivity index (χ2n) is 11.8. The topological polar surface area (TPSA) is 142 Å². The molecular formula is C37H36N8O3. The average molecular weight is 641 g/mol. The molecule has 242 valence electrons. The summed E-state index contributed by atoms with van der Waals surface area (Å²) < 4.78 is 0. The van der Waals surface area contributed by atoms with Gasteiger partial charge in [-0.3, -0.25) is 14.5 Å². The van der Waals surface area contributed by atoms with Gasteiger partial charge in [0.2, 0.25) is 5.91 Å². The first-order valence-corrected chi connectivity index (χ1v) is 16.0. The summed E-state index contributed by atoms with van der Waals surface area (Å²) in [6.45, 7) is 4.01. The van der Waals surface area contributed by atoms with Crippen LogP contribution in [0.25, 0.3) is 21.9 Å². The van der Waals surface area contributed by atoms with Gasteiger partial charge >= 0.3 is 0 Å². The monoisotopic (exact) mass is 640 g/mol. The van der Waals surface area contributed by atoms with Gasteiger partial charge in [-0.05, 0) is 74.1 Å². The number of imidazole rings is 1. The molecular weight excluding hydrogens is 604 g/mol. The van der Waals surface area contributed by atoms with Crippen molar-refractivity contribution in [3.8, 4) is 5.88 Å². The summed E-state index contributed by atoms with van der Waals surface area (Å²) in [4.78, 5) is 45.4. The SMILES string of the molecule is CN(C(=O)CN1CCCNCC1)c1ccc(N=C(c2ccccc2)c2c(O)[nH]c3cc(NC(=O)c4nc5ccccc5[nH]4)ccc23)cc1. The third kappa shape index (κ3) is 6.55. The fraction of sp³-hybridized carbons (Fsp3) is 0.189. The quantitative estimate of drug-likeness (QED) is 0.141. The lowest BCUT2D eigenvalue weighted by atomic mass is 10.0. The van der Waals surface area contributed by atoms with Gasteiger partial charge in [0.15, 0.2) is 11.7 Å². The Bertz CT molecular complexity index is 2080. The number of fused-ring (bicyclic) bond motifs is 2. The van der Waals surface area contributed by atoms with Crippen molar-refractivity contribution in [2.75, 3.05) is 50.0 Å². The molecule has 7 rings (SSSR count). The molecule has 5 N–H and O–H groups in total. The van der Waals surface area contributed by atoms with Gasteiger partial charge in [-0.25, -0.2) is 9.98 Å². The molecule has 0 aliphatic carbocycles. The number of amides is 2. The maximum Gasteiger partial charge on any atom is 0.291 e. The van der Waals surface area contributed by atoms with Gasteiger partial charge in [0.1, 0.15) is 0 Å². The molecule has 1 aliphatic heterocycles. The number of nitrogens with one attached hydrogen (secondary N) is 4. The van der Waals surface area contributed by atoms with Crippen molar-refractivity contribution in [3.05, 3.63) is 114 Å². The van der Waals surface area contributed by atoms with Crippen LogP contribution in [0.15, 0.2) is 102 Å². The number of aliphatic imine (C=N–C) groups is 1. The molecule has 11 nitrogen and oxygen atoms in total. The largest absolute Gasteiger partial charge is 0.494 e. The van der Waals surface area contributed by atoms with Crippen molar-refractivity contribution in [2.45, 2.75) is 6.42 Å². The van der Waals surface area contributed by atoms with Crippen molar-refractivity contribution in [1.82, 2.24) is 25.2 Å². The summed E-state index contributed by atoms with van der Waals surface area (Å²) in [7, 11) is 1.80. The van der Waals surface area contributed by atoms with E-state index >= 15 is 0 Å². The number of hydrogen-bond donors (Lipinski definition) is 5. The Hall–Kier alpha value is -5.78. The Balaban J connectivity index is 1.15. The number of anilines is 2. The van der Waals surface area contributed by atoms with Gasteiger partial charge in [0, 0.05) is 42.5 Å². The van der Waals surface area contributed by atoms with Crippen molar-refractivity contribution in [2.24, 2.45) is 4.99 Å². The van der Waals surface area contributed by atoms with E-state index < -0.39 is 0 Å². The normalized spacial score (nSPS) is 14.2. The highest BCUT2D eigenvalue weighted by atomic mass is 16.3. The number of rotatable bonds is 8. The fourth-order valence-electron chi connectivity index (χ4n) is 5.99. The molecule has 1 fully saturated rings. The third-order valence-electron chi connectivity index (χ3n) is 8.57. The molecule has 4 aromatic carbocycles. The zero-order valence-corrected chi connectivity index (χ0v) is 26.5. The van der Waals surface area contributed by atoms with E-state index in [0.29, 0.717) is 40.2 Å². The molecule has 1 aliphatic rings. The number of aromatic hydroxyl groups is 1. The predicted molar refractivity (Wildman–Crippen MR) is 190 cm³/mol. The highest BCUT2D eigenvalue weighted by Crippen LogP contribution is 2.33. The van der Waals surface area contributed by atoms with Crippen LogP contribution >= 0.6 is 0 Å². The molecule has 3 heterocycles. The zero-order valence-electron chi connectivity index (χ0n) is 26.5. The van der Waals surface area contributed by atoms with E-state index in [1.807, 2.05) is 84.9 Å². The highest BCUT2D eigenvalue weighted by Gasteiger charge is 2.21. The van der Waals surface area contributed by atoms with Gasteiger partial charge in [-0.15, -0.1) is 0 Å². The van der Waals surface area contributed by atoms with E-state index in [4.69, 9.17) is 4.99 Å². The number of likely N-dealkylation sites (N-methyl/N-ethyl adjacent to an activating group) is 1. The fourth-order valence-corrected chi connectivity index (χ4v) is 5.99. The summed E-state index contributed by atoms with van der Waals surface area (Å²) in [5.41, 5.74) is 6.03. The first-order valence-electron chi connectivity index (χ1n) is 16.0. The van der Waals surface area contributed by atoms with E-state index in [1.54, 1.807) is 24.1 Å². The maximum atomic E-state index is 13.1. The number of hydrogen-bond acceptors (Lipinski definition) is 7. The van der Waals surface area contributed by atoms with Crippen molar-refractivity contribution >= 4 is 56.5 Å². The number of aromatic nitrogens is 3. The Morgan fingerprint density at radius 2 is 1.71 bits per heavy atom. The van der Waals surface area contributed by atoms with Crippen molar-refractivity contribution in [3.63, 3.8) is 0 Å². The van der Waals surface area contributed by atoms with E-state index in [1.165, 1.54) is 0 Å². The summed E-state index contributed by atoms with van der Waals surface area (Å²) in [5, 5.41) is 18.2. The number of aromatic amines is 2. The molecule has 11 heteroatoms. The molecule has 6 aromatic rings. The second-order valence-corrected chi connectivity index (χ2v) is 11.8. The maximum absolute atomic E-state index is 13.1. The van der Waals surface area contributed by atoms with E-state index in [0.717, 1.165) is 54.8 Å². The van der Waals surface area contributed by atoms with E-state index in [-0.39, 0.29) is 23.5 Å². The number of benzene rings is 4. The number of carbonyl (C=O) groups is 2. The van der Waals surface area contributed by atoms with Crippen LogP contribution in [0.2, 0.25) is 0 Å². The molecule has 0 atom stereocenters. The minimum absolute atomic E-state index is 0.0370. The van der Waals surface area contributed by atoms with Gasteiger partial charge < -0.3 is 30.6 Å². The molecule has 0 radical (unpaired) electrons. The Labute approximate surface area is 277 Å². The van der Waals surface area contributed by atoms with Crippen LogP contribution in [0.3, 0.4) is 0 Å². The standard InChI is InChI=1S/C37H36N8O3/c1-44(32(46)23-45-20-7-18-38-19-21-45)27-15-12-25(13-16-27)39-34(24-8-3-2-4-9-24)33-28-17-14-26(22-31(28)43-36(33)47)40-37(48)35-41-29-10-5-6-11-30(29)42-35/h2-6,8-17,22,38,43,47H,7,18-21,23H2,1H3,(H,40,48)(H,41,42). The molecule has 2 amide bonds. The van der Waals surface area contributed by atoms with Crippen LogP contribution in [0.1, 0.15) is 28.2 Å². The van der Waals surface area contributed by atoms with Crippen LogP contribution in [0.5, 0.6) is 5.88 Å². The summed E-state index contributed by atoms with van der Waals surface area (Å²) in [5.74, 6) is -0.168. The van der Waals surface area contributed by atoms with Crippen LogP contribution in [-0.2, 0) is 4.79 Å². The summed E-state index contributed by atoms with van der Waals surface area (Å²) >= 11 is 0. The zero-order chi connectivity index (χ0) is 33.0. The van der Waals surface area contributed by atoms with Crippen molar-refractivity contribution in [1.29, 1.82) is 0 Å².